The SMILES string of the molecule is c1ccc(-c2cc(-n3c4ccccc4c4cc(-c5ccc6c(c5)c5ccccc5n6-c5ccc(-c6cnc7sc8ccccc8c7c6)cc5)ccc43)cc(-c3ccccc3)n2)cc1. The summed E-state index contributed by atoms with van der Waals surface area (Å²) in [5.74, 6) is 0. The zero-order valence-electron chi connectivity index (χ0n) is 34.0. The number of para-hydroxylation sites is 2. The monoisotopic (exact) mass is 820 g/mol. The zero-order valence-corrected chi connectivity index (χ0v) is 34.8. The van der Waals surface area contributed by atoms with Crippen LogP contribution in [-0.4, -0.2) is 19.1 Å². The zero-order chi connectivity index (χ0) is 41.4. The van der Waals surface area contributed by atoms with Crippen molar-refractivity contribution in [3.05, 3.63) is 219 Å². The highest BCUT2D eigenvalue weighted by Crippen LogP contribution is 2.40. The summed E-state index contributed by atoms with van der Waals surface area (Å²) in [5, 5.41) is 7.37. The number of nitrogens with zero attached hydrogens (tertiary/aromatic N) is 4. The van der Waals surface area contributed by atoms with Crippen molar-refractivity contribution in [2.24, 2.45) is 0 Å². The standard InChI is InChI=1S/C58H36N4S/c1-3-13-38(14-4-1)51-34-44(35-52(60-51)39-15-5-2-6-16-39)62-54-21-11-8-18-46(54)49-32-41(26-30-56(49)62)40-25-29-55-48(31-40)45-17-7-10-20-53(45)61(55)43-27-23-37(24-28-43)42-33-50-47-19-9-12-22-57(47)63-58(50)59-36-42/h1-36H. The quantitative estimate of drug-likeness (QED) is 0.167. The van der Waals surface area contributed by atoms with Gasteiger partial charge in [0, 0.05) is 65.6 Å². The van der Waals surface area contributed by atoms with E-state index in [2.05, 4.69) is 221 Å². The van der Waals surface area contributed by atoms with Crippen molar-refractivity contribution >= 4 is 75.3 Å². The van der Waals surface area contributed by atoms with Crippen LogP contribution < -0.4 is 0 Å². The molecule has 0 saturated carbocycles. The lowest BCUT2D eigenvalue weighted by atomic mass is 10.0. The van der Waals surface area contributed by atoms with Crippen molar-refractivity contribution in [3.8, 4) is 56.1 Å². The van der Waals surface area contributed by atoms with Crippen molar-refractivity contribution in [2.75, 3.05) is 0 Å². The van der Waals surface area contributed by atoms with Gasteiger partial charge in [0.1, 0.15) is 4.83 Å². The smallest absolute Gasteiger partial charge is 0.124 e. The van der Waals surface area contributed by atoms with Gasteiger partial charge in [0.2, 0.25) is 0 Å². The first-order chi connectivity index (χ1) is 31.2. The molecular weight excluding hydrogens is 785 g/mol. The third kappa shape index (κ3) is 5.82. The van der Waals surface area contributed by atoms with E-state index in [1.807, 2.05) is 6.20 Å². The Morgan fingerprint density at radius 3 is 1.40 bits per heavy atom. The molecular formula is C58H36N4S. The highest BCUT2D eigenvalue weighted by molar-refractivity contribution is 7.25. The molecule has 0 amide bonds. The van der Waals surface area contributed by atoms with Gasteiger partial charge in [0.25, 0.3) is 0 Å². The number of aromatic nitrogens is 4. The largest absolute Gasteiger partial charge is 0.309 e. The molecule has 13 aromatic rings. The van der Waals surface area contributed by atoms with Crippen molar-refractivity contribution in [1.29, 1.82) is 0 Å². The number of fused-ring (bicyclic) bond motifs is 9. The number of rotatable bonds is 6. The van der Waals surface area contributed by atoms with Gasteiger partial charge in [-0.2, -0.15) is 0 Å². The van der Waals surface area contributed by atoms with Crippen LogP contribution in [0.2, 0.25) is 0 Å². The summed E-state index contributed by atoms with van der Waals surface area (Å²) < 4.78 is 6.06. The lowest BCUT2D eigenvalue weighted by Crippen LogP contribution is -1.98. The van der Waals surface area contributed by atoms with E-state index in [1.165, 1.54) is 59.2 Å². The Morgan fingerprint density at radius 2 is 0.794 bits per heavy atom. The van der Waals surface area contributed by atoms with Crippen LogP contribution in [0, 0.1) is 0 Å². The van der Waals surface area contributed by atoms with Gasteiger partial charge in [-0.1, -0.05) is 140 Å². The van der Waals surface area contributed by atoms with Crippen LogP contribution in [0.25, 0.3) is 120 Å². The van der Waals surface area contributed by atoms with Gasteiger partial charge in [0.15, 0.2) is 0 Å². The Bertz CT molecular complexity index is 3840. The average Bonchev–Trinajstić information content (AvgIpc) is 4.01. The maximum Gasteiger partial charge on any atom is 0.124 e. The number of benzene rings is 8. The summed E-state index contributed by atoms with van der Waals surface area (Å²) in [7, 11) is 0. The van der Waals surface area contributed by atoms with Crippen LogP contribution in [0.15, 0.2) is 219 Å². The Labute approximate surface area is 367 Å². The van der Waals surface area contributed by atoms with Gasteiger partial charge in [-0.25, -0.2) is 9.97 Å². The molecule has 63 heavy (non-hydrogen) atoms. The summed E-state index contributed by atoms with van der Waals surface area (Å²) in [4.78, 5) is 11.1. The number of hydrogen-bond acceptors (Lipinski definition) is 3. The minimum Gasteiger partial charge on any atom is -0.309 e. The number of hydrogen-bond donors (Lipinski definition) is 0. The second kappa shape index (κ2) is 14.2. The number of thiophene rings is 1. The summed E-state index contributed by atoms with van der Waals surface area (Å²) in [6.07, 6.45) is 2.01. The van der Waals surface area contributed by atoms with Crippen LogP contribution in [0.1, 0.15) is 0 Å². The van der Waals surface area contributed by atoms with Crippen LogP contribution in [0.5, 0.6) is 0 Å². The Kier molecular flexibility index (Phi) is 8.05. The van der Waals surface area contributed by atoms with Gasteiger partial charge in [0.05, 0.1) is 39.1 Å². The molecule has 0 unspecified atom stereocenters. The summed E-state index contributed by atoms with van der Waals surface area (Å²) in [5.41, 5.74) is 15.6. The lowest BCUT2D eigenvalue weighted by Gasteiger charge is -2.13. The van der Waals surface area contributed by atoms with Crippen LogP contribution in [-0.2, 0) is 0 Å². The van der Waals surface area contributed by atoms with Crippen molar-refractivity contribution in [1.82, 2.24) is 19.1 Å². The molecule has 0 fully saturated rings. The predicted octanol–water partition coefficient (Wildman–Crippen LogP) is 15.7. The van der Waals surface area contributed by atoms with E-state index in [1.54, 1.807) is 11.3 Å². The number of pyridine rings is 2. The maximum absolute atomic E-state index is 5.18. The molecule has 13 rings (SSSR count). The molecule has 0 aliphatic heterocycles. The minimum atomic E-state index is 0.944. The molecule has 294 valence electrons. The molecule has 0 saturated heterocycles. The van der Waals surface area contributed by atoms with Crippen molar-refractivity contribution in [3.63, 3.8) is 0 Å². The van der Waals surface area contributed by atoms with E-state index < -0.39 is 0 Å². The molecule has 5 heterocycles. The van der Waals surface area contributed by atoms with E-state index >= 15 is 0 Å². The molecule has 0 spiro atoms. The summed E-state index contributed by atoms with van der Waals surface area (Å²) in [6, 6.07) is 76.6. The topological polar surface area (TPSA) is 35.6 Å². The normalized spacial score (nSPS) is 11.8. The molecule has 0 aliphatic rings. The van der Waals surface area contributed by atoms with Crippen molar-refractivity contribution < 1.29 is 0 Å². The Balaban J connectivity index is 0.915. The van der Waals surface area contributed by atoms with E-state index in [-0.39, 0.29) is 0 Å². The van der Waals surface area contributed by atoms with Gasteiger partial charge in [-0.05, 0) is 89.5 Å². The van der Waals surface area contributed by atoms with E-state index in [4.69, 9.17) is 9.97 Å². The highest BCUT2D eigenvalue weighted by atomic mass is 32.1. The first kappa shape index (κ1) is 35.6. The second-order valence-electron chi connectivity index (χ2n) is 16.2. The van der Waals surface area contributed by atoms with E-state index in [9.17, 15) is 0 Å². The fourth-order valence-corrected chi connectivity index (χ4v) is 10.6. The summed E-state index contributed by atoms with van der Waals surface area (Å²) in [6.45, 7) is 0. The Hall–Kier alpha value is -8.12. The minimum absolute atomic E-state index is 0.944. The lowest BCUT2D eigenvalue weighted by molar-refractivity contribution is 1.16. The van der Waals surface area contributed by atoms with E-state index in [0.717, 1.165) is 60.9 Å². The fourth-order valence-electron chi connectivity index (χ4n) is 9.59. The molecule has 0 aliphatic carbocycles. The highest BCUT2D eigenvalue weighted by Gasteiger charge is 2.18. The molecule has 0 atom stereocenters. The molecule has 8 aromatic carbocycles. The van der Waals surface area contributed by atoms with Crippen LogP contribution in [0.4, 0.5) is 0 Å². The average molecular weight is 821 g/mol. The fraction of sp³-hybridized carbons (Fsp3) is 0. The van der Waals surface area contributed by atoms with Crippen LogP contribution >= 0.6 is 11.3 Å². The molecule has 0 N–H and O–H groups in total. The predicted molar refractivity (Wildman–Crippen MR) is 265 cm³/mol. The van der Waals surface area contributed by atoms with Gasteiger partial charge < -0.3 is 9.13 Å². The molecule has 0 bridgehead atoms. The molecule has 5 aromatic heterocycles. The maximum atomic E-state index is 5.18. The molecule has 5 heteroatoms. The van der Waals surface area contributed by atoms with Crippen LogP contribution in [0.3, 0.4) is 0 Å². The van der Waals surface area contributed by atoms with E-state index in [0.29, 0.717) is 0 Å². The first-order valence-corrected chi connectivity index (χ1v) is 22.1. The third-order valence-electron chi connectivity index (χ3n) is 12.6. The third-order valence-corrected chi connectivity index (χ3v) is 13.7. The second-order valence-corrected chi connectivity index (χ2v) is 17.2. The van der Waals surface area contributed by atoms with Crippen molar-refractivity contribution in [2.45, 2.75) is 0 Å². The Morgan fingerprint density at radius 1 is 0.317 bits per heavy atom. The van der Waals surface area contributed by atoms with Gasteiger partial charge >= 0.3 is 0 Å². The van der Waals surface area contributed by atoms with Gasteiger partial charge in [-0.3, -0.25) is 0 Å². The van der Waals surface area contributed by atoms with Gasteiger partial charge in [-0.15, -0.1) is 11.3 Å². The summed E-state index contributed by atoms with van der Waals surface area (Å²) >= 11 is 1.75. The molecule has 4 nitrogen and oxygen atoms in total. The first-order valence-electron chi connectivity index (χ1n) is 21.3. The molecule has 0 radical (unpaired) electrons.